The fraction of sp³-hybridized carbons (Fsp3) is 0.440. The number of nitrogens with zero attached hydrogens (tertiary/aromatic N) is 3. The zero-order valence-electron chi connectivity index (χ0n) is 19.8. The number of rotatable bonds is 6. The molecule has 1 aliphatic heterocycles. The fourth-order valence-corrected chi connectivity index (χ4v) is 4.44. The van der Waals surface area contributed by atoms with Gasteiger partial charge in [0.1, 0.15) is 5.82 Å². The van der Waals surface area contributed by atoms with Crippen LogP contribution >= 0.6 is 0 Å². The Morgan fingerprint density at radius 2 is 1.97 bits per heavy atom. The van der Waals surface area contributed by atoms with Crippen molar-refractivity contribution in [1.29, 1.82) is 0 Å². The van der Waals surface area contributed by atoms with Gasteiger partial charge in [-0.3, -0.25) is 19.1 Å². The van der Waals surface area contributed by atoms with Gasteiger partial charge in [0.25, 0.3) is 11.5 Å². The quantitative estimate of drug-likeness (QED) is 0.560. The summed E-state index contributed by atoms with van der Waals surface area (Å²) in [6.07, 6.45) is 1.87. The number of hydrogen-bond acceptors (Lipinski definition) is 6. The van der Waals surface area contributed by atoms with Gasteiger partial charge in [0.15, 0.2) is 5.65 Å². The van der Waals surface area contributed by atoms with E-state index in [4.69, 9.17) is 4.74 Å². The Labute approximate surface area is 200 Å². The van der Waals surface area contributed by atoms with E-state index in [1.807, 2.05) is 18.7 Å². The second-order valence-electron chi connectivity index (χ2n) is 9.55. The second-order valence-corrected chi connectivity index (χ2v) is 9.55. The maximum atomic E-state index is 14.9. The lowest BCUT2D eigenvalue weighted by Gasteiger charge is -2.29. The Hall–Kier alpha value is -3.53. The van der Waals surface area contributed by atoms with E-state index in [1.165, 1.54) is 10.6 Å². The van der Waals surface area contributed by atoms with Gasteiger partial charge in [-0.15, -0.1) is 0 Å². The largest absolute Gasteiger partial charge is 0.378 e. The van der Waals surface area contributed by atoms with E-state index in [1.54, 1.807) is 18.2 Å². The number of hydrogen-bond donors (Lipinski definition) is 2. The molecule has 0 atom stereocenters. The first-order valence-electron chi connectivity index (χ1n) is 11.9. The number of pyridine rings is 1. The lowest BCUT2D eigenvalue weighted by Crippen LogP contribution is -2.36. The maximum Gasteiger partial charge on any atom is 0.330 e. The molecule has 0 bridgehead atoms. The lowest BCUT2D eigenvalue weighted by molar-refractivity contribution is 0.102. The molecule has 5 rings (SSSR count). The summed E-state index contributed by atoms with van der Waals surface area (Å²) in [6, 6.07) is 6.15. The van der Waals surface area contributed by atoms with Crippen molar-refractivity contribution in [1.82, 2.24) is 14.5 Å². The average Bonchev–Trinajstić information content (AvgIpc) is 3.67. The molecule has 1 saturated carbocycles. The molecule has 1 amide bonds. The second kappa shape index (κ2) is 9.26. The average molecular weight is 482 g/mol. The van der Waals surface area contributed by atoms with Gasteiger partial charge >= 0.3 is 5.69 Å². The van der Waals surface area contributed by atoms with Crippen LogP contribution in [0.3, 0.4) is 0 Å². The van der Waals surface area contributed by atoms with Crippen LogP contribution in [0.4, 0.5) is 15.8 Å². The van der Waals surface area contributed by atoms with E-state index in [0.717, 1.165) is 12.8 Å². The Balaban J connectivity index is 1.54. The topological polar surface area (TPSA) is 109 Å². The summed E-state index contributed by atoms with van der Waals surface area (Å²) < 4.78 is 21.6. The molecule has 3 aromatic rings. The first-order chi connectivity index (χ1) is 16.8. The fourth-order valence-electron chi connectivity index (χ4n) is 4.44. The molecule has 3 heterocycles. The predicted octanol–water partition coefficient (Wildman–Crippen LogP) is 2.85. The summed E-state index contributed by atoms with van der Waals surface area (Å²) in [5, 5.41) is 2.77. The molecule has 2 aliphatic rings. The number of morpholine rings is 1. The van der Waals surface area contributed by atoms with Crippen molar-refractivity contribution in [3.8, 4) is 0 Å². The first kappa shape index (κ1) is 23.2. The molecule has 35 heavy (non-hydrogen) atoms. The van der Waals surface area contributed by atoms with Crippen LogP contribution in [0, 0.1) is 11.7 Å². The first-order valence-corrected chi connectivity index (χ1v) is 11.9. The summed E-state index contributed by atoms with van der Waals surface area (Å²) in [5.74, 6) is -0.693. The van der Waals surface area contributed by atoms with Crippen molar-refractivity contribution in [3.63, 3.8) is 0 Å². The van der Waals surface area contributed by atoms with E-state index in [9.17, 15) is 18.8 Å². The van der Waals surface area contributed by atoms with E-state index in [-0.39, 0.29) is 34.1 Å². The standard InChI is InChI=1S/C25H28FN5O4/c1-14(2)13-31-22-21(24(33)29-25(31)34)17(12-19(28-22)15-3-4-15)23(32)27-16-5-6-20(18(26)11-16)30-7-9-35-10-8-30/h5-6,11-12,14-15H,3-4,7-10,13H2,1-2H3,(H,27,32)(H,29,33,34). The Kier molecular flexibility index (Phi) is 6.14. The number of aromatic nitrogens is 3. The Bertz CT molecular complexity index is 1400. The molecule has 0 spiro atoms. The molecular formula is C25H28FN5O4. The number of ether oxygens (including phenoxy) is 1. The molecule has 2 fully saturated rings. The van der Waals surface area contributed by atoms with Gasteiger partial charge in [0.2, 0.25) is 0 Å². The van der Waals surface area contributed by atoms with Gasteiger partial charge in [-0.05, 0) is 43.0 Å². The van der Waals surface area contributed by atoms with Gasteiger partial charge in [0, 0.05) is 36.9 Å². The van der Waals surface area contributed by atoms with Crippen molar-refractivity contribution in [3.05, 3.63) is 62.2 Å². The van der Waals surface area contributed by atoms with Crippen molar-refractivity contribution < 1.29 is 13.9 Å². The summed E-state index contributed by atoms with van der Waals surface area (Å²) in [4.78, 5) is 47.6. The van der Waals surface area contributed by atoms with Crippen LogP contribution in [0.2, 0.25) is 0 Å². The van der Waals surface area contributed by atoms with E-state index in [2.05, 4.69) is 15.3 Å². The molecule has 184 valence electrons. The molecule has 2 N–H and O–H groups in total. The van der Waals surface area contributed by atoms with Gasteiger partial charge < -0.3 is 15.0 Å². The summed E-state index contributed by atoms with van der Waals surface area (Å²) in [7, 11) is 0. The maximum absolute atomic E-state index is 14.9. The number of nitrogens with one attached hydrogen (secondary N) is 2. The van der Waals surface area contributed by atoms with E-state index in [0.29, 0.717) is 44.2 Å². The molecule has 1 aromatic carbocycles. The van der Waals surface area contributed by atoms with Crippen LogP contribution < -0.4 is 21.5 Å². The van der Waals surface area contributed by atoms with Crippen LogP contribution in [0.1, 0.15) is 48.7 Å². The van der Waals surface area contributed by atoms with E-state index >= 15 is 0 Å². The number of anilines is 2. The van der Waals surface area contributed by atoms with Crippen molar-refractivity contribution in [2.45, 2.75) is 39.2 Å². The molecule has 9 nitrogen and oxygen atoms in total. The number of carbonyl (C=O) groups is 1. The van der Waals surface area contributed by atoms with Crippen LogP contribution in [-0.4, -0.2) is 46.7 Å². The number of fused-ring (bicyclic) bond motifs is 1. The smallest absolute Gasteiger partial charge is 0.330 e. The number of halogens is 1. The van der Waals surface area contributed by atoms with Gasteiger partial charge in [-0.1, -0.05) is 13.8 Å². The monoisotopic (exact) mass is 481 g/mol. The molecule has 1 saturated heterocycles. The summed E-state index contributed by atoms with van der Waals surface area (Å²) in [5.41, 5.74) is 0.506. The highest BCUT2D eigenvalue weighted by Gasteiger charge is 2.29. The zero-order chi connectivity index (χ0) is 24.7. The third-order valence-electron chi connectivity index (χ3n) is 6.31. The van der Waals surface area contributed by atoms with Crippen LogP contribution in [0.25, 0.3) is 11.0 Å². The van der Waals surface area contributed by atoms with Gasteiger partial charge in [-0.25, -0.2) is 14.2 Å². The zero-order valence-corrected chi connectivity index (χ0v) is 19.8. The number of carbonyl (C=O) groups excluding carboxylic acids is 1. The van der Waals surface area contributed by atoms with E-state index < -0.39 is 23.0 Å². The molecule has 0 radical (unpaired) electrons. The molecule has 10 heteroatoms. The number of aromatic amines is 1. The number of amides is 1. The molecule has 0 unspecified atom stereocenters. The third kappa shape index (κ3) is 4.70. The Morgan fingerprint density at radius 1 is 1.23 bits per heavy atom. The molecule has 1 aliphatic carbocycles. The van der Waals surface area contributed by atoms with Crippen molar-refractivity contribution in [2.75, 3.05) is 36.5 Å². The minimum absolute atomic E-state index is 0.0533. The molecular weight excluding hydrogens is 453 g/mol. The van der Waals surface area contributed by atoms with Gasteiger partial charge in [0.05, 0.1) is 29.9 Å². The summed E-state index contributed by atoms with van der Waals surface area (Å²) in [6.45, 7) is 6.52. The lowest BCUT2D eigenvalue weighted by atomic mass is 10.1. The normalized spacial score (nSPS) is 16.2. The summed E-state index contributed by atoms with van der Waals surface area (Å²) >= 11 is 0. The van der Waals surface area contributed by atoms with Crippen LogP contribution in [-0.2, 0) is 11.3 Å². The van der Waals surface area contributed by atoms with Crippen molar-refractivity contribution >= 4 is 28.3 Å². The highest BCUT2D eigenvalue weighted by Crippen LogP contribution is 2.40. The predicted molar refractivity (Wildman–Crippen MR) is 131 cm³/mol. The Morgan fingerprint density at radius 3 is 2.63 bits per heavy atom. The highest BCUT2D eigenvalue weighted by atomic mass is 19.1. The highest BCUT2D eigenvalue weighted by molar-refractivity contribution is 6.12. The molecule has 2 aromatic heterocycles. The number of benzene rings is 1. The minimum atomic E-state index is -0.668. The van der Waals surface area contributed by atoms with Crippen LogP contribution in [0.5, 0.6) is 0 Å². The third-order valence-corrected chi connectivity index (χ3v) is 6.31. The van der Waals surface area contributed by atoms with Crippen molar-refractivity contribution in [2.24, 2.45) is 5.92 Å². The number of H-pyrrole nitrogens is 1. The van der Waals surface area contributed by atoms with Crippen LogP contribution in [0.15, 0.2) is 33.9 Å². The SMILES string of the molecule is CC(C)Cn1c(=O)[nH]c(=O)c2c(C(=O)Nc3ccc(N4CCOCC4)c(F)c3)cc(C3CC3)nc21. The van der Waals surface area contributed by atoms with Gasteiger partial charge in [-0.2, -0.15) is 0 Å². The minimum Gasteiger partial charge on any atom is -0.378 e.